The Balaban J connectivity index is 0.00000141. The molecule has 0 aromatic carbocycles. The molecule has 23 atom stereocenters. The molecule has 3 aliphatic heterocycles. The average molecular weight is 1120 g/mol. The van der Waals surface area contributed by atoms with E-state index >= 15 is 0 Å². The summed E-state index contributed by atoms with van der Waals surface area (Å²) in [5.41, 5.74) is 6.02. The number of esters is 1. The number of nitrogens with two attached hydrogens (primary N) is 1. The summed E-state index contributed by atoms with van der Waals surface area (Å²) in [4.78, 5) is 25.1. The van der Waals surface area contributed by atoms with Crippen LogP contribution in [0.3, 0.4) is 0 Å². The summed E-state index contributed by atoms with van der Waals surface area (Å²) in [5.74, 6) is -6.83. The normalized spacial score (nSPS) is 38.5. The van der Waals surface area contributed by atoms with Crippen LogP contribution in [0.5, 0.6) is 0 Å². The highest BCUT2D eigenvalue weighted by Gasteiger charge is 2.51. The fourth-order valence-corrected chi connectivity index (χ4v) is 8.86. The van der Waals surface area contributed by atoms with Crippen molar-refractivity contribution in [1.29, 1.82) is 0 Å². The number of allylic oxidation sites excluding steroid dienone is 12. The van der Waals surface area contributed by atoms with Crippen LogP contribution in [0.15, 0.2) is 85.1 Å². The van der Waals surface area contributed by atoms with E-state index < -0.39 is 178 Å². The van der Waals surface area contributed by atoms with Gasteiger partial charge in [-0.25, -0.2) is 0 Å². The number of carbonyl (C=O) groups is 2. The van der Waals surface area contributed by atoms with Gasteiger partial charge in [0.15, 0.2) is 12.1 Å². The first-order valence-electron chi connectivity index (χ1n) is 26.3. The van der Waals surface area contributed by atoms with Gasteiger partial charge in [0.05, 0.1) is 92.3 Å². The van der Waals surface area contributed by atoms with Gasteiger partial charge in [0, 0.05) is 44.1 Å². The van der Waals surface area contributed by atoms with Gasteiger partial charge in [-0.05, 0) is 40.2 Å². The molecule has 24 heteroatoms. The van der Waals surface area contributed by atoms with E-state index in [4.69, 9.17) is 45.1 Å². The Morgan fingerprint density at radius 1 is 0.692 bits per heavy atom. The topological polar surface area (TPSA) is 433 Å². The minimum Gasteiger partial charge on any atom is -0.481 e. The van der Waals surface area contributed by atoms with Gasteiger partial charge in [0.25, 0.3) is 0 Å². The van der Waals surface area contributed by atoms with Crippen molar-refractivity contribution in [3.8, 4) is 0 Å². The van der Waals surface area contributed by atoms with Gasteiger partial charge in [0.2, 0.25) is 0 Å². The summed E-state index contributed by atoms with van der Waals surface area (Å²) < 4.78 is 23.1. The second-order valence-corrected chi connectivity index (χ2v) is 20.4. The first-order chi connectivity index (χ1) is 36.7. The fraction of sp³-hybridized carbons (Fsp3) is 0.704. The zero-order valence-electron chi connectivity index (χ0n) is 45.0. The zero-order valence-corrected chi connectivity index (χ0v) is 45.0. The molecule has 0 aromatic rings. The van der Waals surface area contributed by atoms with E-state index in [1.807, 2.05) is 19.1 Å². The van der Waals surface area contributed by atoms with Crippen LogP contribution in [0, 0.1) is 17.8 Å². The second-order valence-electron chi connectivity index (χ2n) is 20.4. The first kappa shape index (κ1) is 70.4. The third-order valence-corrected chi connectivity index (χ3v) is 13.8. The number of rotatable bonds is 9. The van der Waals surface area contributed by atoms with E-state index in [0.717, 1.165) is 0 Å². The van der Waals surface area contributed by atoms with Crippen LogP contribution in [0.4, 0.5) is 0 Å². The van der Waals surface area contributed by atoms with Gasteiger partial charge in [-0.1, -0.05) is 98.9 Å². The third-order valence-electron chi connectivity index (χ3n) is 13.8. The number of carbonyl (C=O) groups excluding carboxylic acids is 1. The predicted molar refractivity (Wildman–Crippen MR) is 282 cm³/mol. The smallest absolute Gasteiger partial charge is 0.311 e. The predicted octanol–water partition coefficient (Wildman–Crippen LogP) is -2.65. The number of likely N-dealkylation sites (N-methyl/N-ethyl adjacent to an activating group) is 1. The number of hydrogen-bond acceptors (Lipinski definition) is 23. The Bertz CT molecular complexity index is 1940. The second kappa shape index (κ2) is 35.9. The maximum absolute atomic E-state index is 12.6. The lowest BCUT2D eigenvalue weighted by Gasteiger charge is -2.45. The maximum Gasteiger partial charge on any atom is 0.311 e. The highest BCUT2D eigenvalue weighted by Crippen LogP contribution is 2.38. The van der Waals surface area contributed by atoms with E-state index in [9.17, 15) is 70.9 Å². The molecule has 2 fully saturated rings. The largest absolute Gasteiger partial charge is 0.481 e. The monoisotopic (exact) mass is 1120 g/mol. The summed E-state index contributed by atoms with van der Waals surface area (Å²) >= 11 is 0. The molecule has 0 saturated carbocycles. The summed E-state index contributed by atoms with van der Waals surface area (Å²) in [6.45, 7) is 6.17. The summed E-state index contributed by atoms with van der Waals surface area (Å²) in [6.07, 6.45) is -2.19. The molecule has 2 bridgehead atoms. The molecule has 0 radical (unpaired) electrons. The Hall–Kier alpha value is -3.68. The Kier molecular flexibility index (Phi) is 32.4. The van der Waals surface area contributed by atoms with Crippen molar-refractivity contribution in [2.24, 2.45) is 23.5 Å². The molecule has 3 heterocycles. The molecule has 0 amide bonds. The van der Waals surface area contributed by atoms with Gasteiger partial charge in [-0.3, -0.25) is 9.59 Å². The summed E-state index contributed by atoms with van der Waals surface area (Å²) in [7, 11) is 1.57. The van der Waals surface area contributed by atoms with Crippen molar-refractivity contribution in [2.75, 3.05) is 20.2 Å². The minimum absolute atomic E-state index is 0.0936. The molecule has 0 spiro atoms. The average Bonchev–Trinajstić information content (AvgIpc) is 3.39. The van der Waals surface area contributed by atoms with Gasteiger partial charge >= 0.3 is 11.9 Å². The molecule has 3 rings (SSSR count). The van der Waals surface area contributed by atoms with Crippen LogP contribution >= 0.6 is 0 Å². The number of carboxylic acids is 1. The Labute approximate surface area is 456 Å². The Morgan fingerprint density at radius 2 is 1.24 bits per heavy atom. The molecule has 23 unspecified atom stereocenters. The summed E-state index contributed by atoms with van der Waals surface area (Å²) in [6, 6.07) is -1.15. The number of ether oxygens (including phenoxy) is 4. The third kappa shape index (κ3) is 24.6. The molecular formula is C54H90N2O22. The first-order valence-corrected chi connectivity index (χ1v) is 26.3. The molecule has 24 nitrogen and oxygen atoms in total. The van der Waals surface area contributed by atoms with Crippen molar-refractivity contribution < 1.29 is 110 Å². The SMILES string of the molecule is CC1C=CC=CC=CC=CC=CC=CC=CC(OC2OC(C)C(O)C(N)C2O)CC2OC(O)(CC(O)CC(O)C(O)CCC(O)CC(O)CC(=O)OC(C)C(C)C1O)CC(O)C2C(=O)O.CNCC(O)C(O)C(O)C(O)CO. The number of aliphatic hydroxyl groups is 15. The van der Waals surface area contributed by atoms with E-state index in [2.05, 4.69) is 5.32 Å². The minimum atomic E-state index is -2.33. The van der Waals surface area contributed by atoms with Gasteiger partial charge < -0.3 is 112 Å². The summed E-state index contributed by atoms with van der Waals surface area (Å²) in [5, 5.41) is 166. The van der Waals surface area contributed by atoms with Gasteiger partial charge in [0.1, 0.15) is 36.4 Å². The van der Waals surface area contributed by atoms with E-state index in [1.165, 1.54) is 13.0 Å². The van der Waals surface area contributed by atoms with Crippen LogP contribution in [-0.2, 0) is 28.5 Å². The molecule has 78 heavy (non-hydrogen) atoms. The van der Waals surface area contributed by atoms with Crippen molar-refractivity contribution in [3.63, 3.8) is 0 Å². The van der Waals surface area contributed by atoms with Crippen LogP contribution in [0.2, 0.25) is 0 Å². The number of cyclic esters (lactones) is 1. The highest BCUT2D eigenvalue weighted by atomic mass is 16.7. The number of fused-ring (bicyclic) bond motifs is 2. The number of nitrogens with one attached hydrogen (secondary N) is 1. The van der Waals surface area contributed by atoms with E-state index in [1.54, 1.807) is 87.7 Å². The van der Waals surface area contributed by atoms with Gasteiger partial charge in [-0.15, -0.1) is 0 Å². The van der Waals surface area contributed by atoms with Gasteiger partial charge in [-0.2, -0.15) is 0 Å². The number of aliphatic hydroxyl groups excluding tert-OH is 14. The van der Waals surface area contributed by atoms with Crippen molar-refractivity contribution >= 4 is 11.9 Å². The molecular weight excluding hydrogens is 1030 g/mol. The molecule has 19 N–H and O–H groups in total. The molecule has 448 valence electrons. The Morgan fingerprint density at radius 3 is 1.79 bits per heavy atom. The van der Waals surface area contributed by atoms with Crippen LogP contribution in [-0.4, -0.2) is 236 Å². The molecule has 0 aliphatic carbocycles. The number of carboxylic acid groups (broad SMARTS) is 1. The fourth-order valence-electron chi connectivity index (χ4n) is 8.86. The maximum atomic E-state index is 12.6. The highest BCUT2D eigenvalue weighted by molar-refractivity contribution is 5.71. The van der Waals surface area contributed by atoms with Crippen LogP contribution in [0.1, 0.15) is 79.1 Å². The van der Waals surface area contributed by atoms with E-state index in [0.29, 0.717) is 0 Å². The van der Waals surface area contributed by atoms with Crippen molar-refractivity contribution in [3.05, 3.63) is 85.1 Å². The zero-order chi connectivity index (χ0) is 58.9. The van der Waals surface area contributed by atoms with Crippen molar-refractivity contribution in [2.45, 2.75) is 201 Å². The lowest BCUT2D eigenvalue weighted by atomic mass is 9.82. The number of aliphatic carboxylic acids is 1. The van der Waals surface area contributed by atoms with E-state index in [-0.39, 0.29) is 38.1 Å². The van der Waals surface area contributed by atoms with Crippen molar-refractivity contribution in [1.82, 2.24) is 5.32 Å². The van der Waals surface area contributed by atoms with Crippen LogP contribution in [0.25, 0.3) is 0 Å². The molecule has 0 aromatic heterocycles. The molecule has 2 saturated heterocycles. The quantitative estimate of drug-likeness (QED) is 0.105. The van der Waals surface area contributed by atoms with Crippen LogP contribution < -0.4 is 11.1 Å². The standard InChI is InChI=1S/C47H73NO17.C7H17NO5/c1-27-17-15-13-11-9-7-5-6-8-10-12-14-16-18-34(64-46-44(58)41(48)43(57)30(4)63-46)24-38-40(45(59)60)37(54)26-47(61,65-38)25-33(51)22-36(53)35(52)20-19-31(49)21-32(50)23-39(55)62-29(3)28(2)42(27)56;1-8-2-4(10)6(12)7(13)5(11)3-9/h5-18,27-38,40-44,46,49-54,56-58,61H,19-26,48H2,1-4H3,(H,59,60);4-13H,2-3H2,1H3. The molecule has 3 aliphatic rings. The lowest BCUT2D eigenvalue weighted by Crippen LogP contribution is -2.61. The lowest BCUT2D eigenvalue weighted by molar-refractivity contribution is -0.308. The number of hydrogen-bond donors (Lipinski definition) is 18.